The number of benzene rings is 6. The van der Waals surface area contributed by atoms with Gasteiger partial charge in [-0.05, 0) is 120 Å². The number of hydrogen-bond acceptors (Lipinski definition) is 1. The normalized spacial score (nSPS) is 23.4. The standard InChI is InChI=1S/C56H46F12O/c1-3-5-19-51-25-53(26-51,27-51)33-9-13-35(14-10-33)55(65,66)47-43(23-41(61)45(49(47)63)31-7-17-37(57)39(59)21-31)69-44-24-42(62)46(32-8-18-38(58)40(60)22-32)50(64)48(44)56(67,68)36-15-11-34(12-16-36)54-28-52(29-54,30-54)20-6-4-2/h7-18,21-24H,3-6,19-20,25-30H2,1-2H3. The van der Waals surface area contributed by atoms with E-state index in [1.54, 1.807) is 0 Å². The average molecular weight is 963 g/mol. The SMILES string of the molecule is CCCCC12CC(c3ccc(C(F)(F)c4c(Oc5cc(F)c(-c6ccc(F)c(F)c6)c(F)c5C(F)(F)c5ccc(C67CC(CCCC)(C6)C7)cc5)cc(F)c(-c5ccc(F)c(F)c5)c4F)cc3)(C1)C2. The summed E-state index contributed by atoms with van der Waals surface area (Å²) < 4.78 is 198. The first-order chi connectivity index (χ1) is 32.7. The molecular weight excluding hydrogens is 917 g/mol. The van der Waals surface area contributed by atoms with Crippen molar-refractivity contribution in [2.75, 3.05) is 0 Å². The van der Waals surface area contributed by atoms with Crippen LogP contribution in [0.1, 0.15) is 124 Å². The molecule has 0 radical (unpaired) electrons. The van der Waals surface area contributed by atoms with Crippen molar-refractivity contribution in [3.05, 3.63) is 177 Å². The van der Waals surface area contributed by atoms with Gasteiger partial charge in [-0.2, -0.15) is 17.6 Å². The minimum absolute atomic E-state index is 0.182. The second-order valence-corrected chi connectivity index (χ2v) is 20.3. The Morgan fingerprint density at radius 3 is 1.10 bits per heavy atom. The molecule has 13 heteroatoms. The Labute approximate surface area is 391 Å². The molecule has 6 aromatic rings. The van der Waals surface area contributed by atoms with E-state index in [1.807, 2.05) is 0 Å². The number of halogens is 12. The minimum atomic E-state index is -4.52. The van der Waals surface area contributed by atoms with Gasteiger partial charge in [0.2, 0.25) is 0 Å². The van der Waals surface area contributed by atoms with Gasteiger partial charge in [0.25, 0.3) is 0 Å². The summed E-state index contributed by atoms with van der Waals surface area (Å²) in [5.74, 6) is -25.6. The van der Waals surface area contributed by atoms with Gasteiger partial charge < -0.3 is 4.74 Å². The lowest BCUT2D eigenvalue weighted by molar-refractivity contribution is -0.147. The highest BCUT2D eigenvalue weighted by atomic mass is 19.3. The van der Waals surface area contributed by atoms with Crippen molar-refractivity contribution in [1.29, 1.82) is 0 Å². The van der Waals surface area contributed by atoms with Crippen LogP contribution in [0.2, 0.25) is 0 Å². The predicted molar refractivity (Wildman–Crippen MR) is 237 cm³/mol. The topological polar surface area (TPSA) is 9.23 Å². The smallest absolute Gasteiger partial charge is 0.304 e. The largest absolute Gasteiger partial charge is 0.456 e. The van der Waals surface area contributed by atoms with Gasteiger partial charge >= 0.3 is 11.8 Å². The third-order valence-corrected chi connectivity index (χ3v) is 15.7. The van der Waals surface area contributed by atoms with Crippen molar-refractivity contribution < 1.29 is 57.4 Å². The lowest BCUT2D eigenvalue weighted by Crippen LogP contribution is -2.64. The lowest BCUT2D eigenvalue weighted by atomic mass is 9.32. The van der Waals surface area contributed by atoms with Crippen LogP contribution >= 0.6 is 0 Å². The molecule has 6 aromatic carbocycles. The maximum absolute atomic E-state index is 17.2. The Bertz CT molecular complexity index is 2770. The molecule has 360 valence electrons. The van der Waals surface area contributed by atoms with Crippen molar-refractivity contribution in [2.24, 2.45) is 10.8 Å². The fourth-order valence-electron chi connectivity index (χ4n) is 12.5. The van der Waals surface area contributed by atoms with E-state index in [2.05, 4.69) is 13.8 Å². The Hall–Kier alpha value is -5.72. The number of rotatable bonds is 16. The zero-order chi connectivity index (χ0) is 49.1. The van der Waals surface area contributed by atoms with Crippen LogP contribution in [0.3, 0.4) is 0 Å². The number of unbranched alkanes of at least 4 members (excludes halogenated alkanes) is 2. The highest BCUT2D eigenvalue weighted by Gasteiger charge is 2.68. The van der Waals surface area contributed by atoms with Crippen molar-refractivity contribution in [3.63, 3.8) is 0 Å². The summed E-state index contributed by atoms with van der Waals surface area (Å²) in [6.07, 6.45) is 11.5. The number of alkyl halides is 4. The summed E-state index contributed by atoms with van der Waals surface area (Å²) in [7, 11) is 0. The Morgan fingerprint density at radius 2 is 0.783 bits per heavy atom. The summed E-state index contributed by atoms with van der Waals surface area (Å²) >= 11 is 0. The quantitative estimate of drug-likeness (QED) is 0.0879. The number of ether oxygens (including phenoxy) is 1. The van der Waals surface area contributed by atoms with Crippen LogP contribution in [-0.4, -0.2) is 0 Å². The molecule has 6 fully saturated rings. The van der Waals surface area contributed by atoms with Crippen LogP contribution < -0.4 is 4.74 Å². The molecule has 6 aliphatic rings. The van der Waals surface area contributed by atoms with Gasteiger partial charge in [0, 0.05) is 23.3 Å². The summed E-state index contributed by atoms with van der Waals surface area (Å²) in [5, 5.41) is 0. The molecule has 0 heterocycles. The van der Waals surface area contributed by atoms with E-state index in [1.165, 1.54) is 24.3 Å². The molecule has 12 rings (SSSR count). The van der Waals surface area contributed by atoms with E-state index in [-0.39, 0.29) is 33.8 Å². The third kappa shape index (κ3) is 7.45. The van der Waals surface area contributed by atoms with E-state index in [4.69, 9.17) is 4.74 Å². The van der Waals surface area contributed by atoms with Crippen LogP contribution in [-0.2, 0) is 22.7 Å². The molecule has 4 bridgehead atoms. The molecule has 0 amide bonds. The highest BCUT2D eigenvalue weighted by molar-refractivity contribution is 5.71. The van der Waals surface area contributed by atoms with Crippen molar-refractivity contribution >= 4 is 0 Å². The first kappa shape index (κ1) is 47.0. The Kier molecular flexibility index (Phi) is 11.2. The van der Waals surface area contributed by atoms with Gasteiger partial charge in [-0.3, -0.25) is 0 Å². The zero-order valence-electron chi connectivity index (χ0n) is 37.7. The Balaban J connectivity index is 1.09. The molecular formula is C56H46F12O. The fraction of sp³-hybridized carbons (Fsp3) is 0.357. The van der Waals surface area contributed by atoms with Gasteiger partial charge in [0.05, 0.1) is 11.1 Å². The van der Waals surface area contributed by atoms with Crippen LogP contribution in [0.25, 0.3) is 22.3 Å². The van der Waals surface area contributed by atoms with Gasteiger partial charge in [-0.25, -0.2) is 35.1 Å². The van der Waals surface area contributed by atoms with Crippen molar-refractivity contribution in [2.45, 2.75) is 114 Å². The van der Waals surface area contributed by atoms with Gasteiger partial charge in [-0.1, -0.05) is 100 Å². The fourth-order valence-corrected chi connectivity index (χ4v) is 12.5. The summed E-state index contributed by atoms with van der Waals surface area (Å²) in [6, 6.07) is 13.6. The molecule has 0 aliphatic heterocycles. The average Bonchev–Trinajstić information content (AvgIpc) is 3.24. The first-order valence-corrected chi connectivity index (χ1v) is 23.3. The highest BCUT2D eigenvalue weighted by Crippen LogP contribution is 2.76. The minimum Gasteiger partial charge on any atom is -0.456 e. The van der Waals surface area contributed by atoms with E-state index < -0.39 is 114 Å². The molecule has 69 heavy (non-hydrogen) atoms. The van der Waals surface area contributed by atoms with Crippen LogP contribution in [0.5, 0.6) is 11.5 Å². The maximum atomic E-state index is 17.2. The molecule has 0 unspecified atom stereocenters. The van der Waals surface area contributed by atoms with Gasteiger partial charge in [0.15, 0.2) is 23.3 Å². The zero-order valence-corrected chi connectivity index (χ0v) is 37.7. The maximum Gasteiger partial charge on any atom is 0.304 e. The molecule has 6 aliphatic carbocycles. The monoisotopic (exact) mass is 962 g/mol. The van der Waals surface area contributed by atoms with Crippen LogP contribution in [0.4, 0.5) is 52.7 Å². The third-order valence-electron chi connectivity index (χ3n) is 15.7. The second kappa shape index (κ2) is 16.4. The Morgan fingerprint density at radius 1 is 0.435 bits per heavy atom. The molecule has 0 saturated heterocycles. The molecule has 0 atom stereocenters. The molecule has 6 saturated carbocycles. The summed E-state index contributed by atoms with van der Waals surface area (Å²) in [4.78, 5) is 0. The van der Waals surface area contributed by atoms with Crippen molar-refractivity contribution in [3.8, 4) is 33.8 Å². The molecule has 1 nitrogen and oxygen atoms in total. The van der Waals surface area contributed by atoms with E-state index >= 15 is 35.1 Å². The van der Waals surface area contributed by atoms with E-state index in [0.717, 1.165) is 125 Å². The molecule has 0 aromatic heterocycles. The van der Waals surface area contributed by atoms with E-state index in [0.29, 0.717) is 24.3 Å². The molecule has 0 spiro atoms. The summed E-state index contributed by atoms with van der Waals surface area (Å²) in [5.41, 5.74) is -7.73. The second-order valence-electron chi connectivity index (χ2n) is 20.3. The van der Waals surface area contributed by atoms with Gasteiger partial charge in [-0.15, -0.1) is 0 Å². The van der Waals surface area contributed by atoms with Crippen LogP contribution in [0.15, 0.2) is 97.1 Å². The predicted octanol–water partition coefficient (Wildman–Crippen LogP) is 17.4. The van der Waals surface area contributed by atoms with Crippen molar-refractivity contribution in [1.82, 2.24) is 0 Å². The van der Waals surface area contributed by atoms with E-state index in [9.17, 15) is 17.6 Å². The lowest BCUT2D eigenvalue weighted by Gasteiger charge is -2.72. The number of hydrogen-bond donors (Lipinski definition) is 0. The molecule has 0 N–H and O–H groups in total. The first-order valence-electron chi connectivity index (χ1n) is 23.3. The summed E-state index contributed by atoms with van der Waals surface area (Å²) in [6.45, 7) is 4.19. The van der Waals surface area contributed by atoms with Crippen LogP contribution in [0, 0.1) is 57.4 Å². The van der Waals surface area contributed by atoms with Gasteiger partial charge in [0.1, 0.15) is 45.9 Å².